The predicted molar refractivity (Wildman–Crippen MR) is 77.0 cm³/mol. The highest BCUT2D eigenvalue weighted by Gasteiger charge is 2.08. The van der Waals surface area contributed by atoms with Crippen molar-refractivity contribution in [1.29, 1.82) is 5.26 Å². The van der Waals surface area contributed by atoms with E-state index in [2.05, 4.69) is 11.1 Å². The number of benzene rings is 1. The third-order valence-electron chi connectivity index (χ3n) is 3.29. The molecule has 2 heterocycles. The molecule has 0 atom stereocenters. The van der Waals surface area contributed by atoms with E-state index in [1.54, 1.807) is 18.2 Å². The molecule has 1 N–H and O–H groups in total. The quantitative estimate of drug-likeness (QED) is 0.798. The van der Waals surface area contributed by atoms with Crippen molar-refractivity contribution < 1.29 is 9.90 Å². The van der Waals surface area contributed by atoms with Crippen LogP contribution in [0.15, 0.2) is 48.7 Å². The molecule has 21 heavy (non-hydrogen) atoms. The van der Waals surface area contributed by atoms with Crippen molar-refractivity contribution >= 4 is 16.9 Å². The van der Waals surface area contributed by atoms with Gasteiger partial charge in [0.1, 0.15) is 5.69 Å². The first-order valence-corrected chi connectivity index (χ1v) is 6.36. The molecule has 2 aromatic heterocycles. The van der Waals surface area contributed by atoms with Crippen molar-refractivity contribution in [3.05, 3.63) is 65.6 Å². The second-order valence-electron chi connectivity index (χ2n) is 4.61. The predicted octanol–water partition coefficient (Wildman–Crippen LogP) is 2.65. The van der Waals surface area contributed by atoms with Crippen LogP contribution in [0.4, 0.5) is 0 Å². The number of aromatic nitrogens is 2. The Kier molecular flexibility index (Phi) is 3.13. The monoisotopic (exact) mass is 277 g/mol. The minimum absolute atomic E-state index is 0.0293. The Bertz CT molecular complexity index is 875. The van der Waals surface area contributed by atoms with Gasteiger partial charge in [0.25, 0.3) is 0 Å². The zero-order valence-electron chi connectivity index (χ0n) is 11.0. The second kappa shape index (κ2) is 5.10. The first kappa shape index (κ1) is 12.9. The standard InChI is InChI=1S/C16H11N3O2/c17-9-11-3-1-6-15-13(11)7-8-19(15)10-12-4-2-5-14(18-12)16(20)21/h1-8H,10H2,(H,20,21). The number of nitrogens with zero attached hydrogens (tertiary/aromatic N) is 3. The molecule has 0 aliphatic carbocycles. The molecule has 5 nitrogen and oxygen atoms in total. The zero-order valence-corrected chi connectivity index (χ0v) is 11.0. The Morgan fingerprint density at radius 3 is 2.81 bits per heavy atom. The highest BCUT2D eigenvalue weighted by Crippen LogP contribution is 2.20. The van der Waals surface area contributed by atoms with Crippen molar-refractivity contribution in [2.24, 2.45) is 0 Å². The summed E-state index contributed by atoms with van der Waals surface area (Å²) in [6.45, 7) is 0.458. The summed E-state index contributed by atoms with van der Waals surface area (Å²) >= 11 is 0. The Hall–Kier alpha value is -3.13. The number of aromatic carboxylic acids is 1. The van der Waals surface area contributed by atoms with Crippen LogP contribution in [0.1, 0.15) is 21.7 Å². The maximum atomic E-state index is 10.9. The van der Waals surface area contributed by atoms with Crippen LogP contribution in [0, 0.1) is 11.3 Å². The van der Waals surface area contributed by atoms with E-state index in [1.165, 1.54) is 6.07 Å². The molecule has 0 radical (unpaired) electrons. The normalized spacial score (nSPS) is 10.4. The van der Waals surface area contributed by atoms with Gasteiger partial charge in [-0.1, -0.05) is 12.1 Å². The zero-order chi connectivity index (χ0) is 14.8. The minimum Gasteiger partial charge on any atom is -0.477 e. The molecule has 102 valence electrons. The van der Waals surface area contributed by atoms with Gasteiger partial charge in [-0.05, 0) is 30.3 Å². The lowest BCUT2D eigenvalue weighted by molar-refractivity contribution is 0.0690. The van der Waals surface area contributed by atoms with Crippen LogP contribution in [0.5, 0.6) is 0 Å². The van der Waals surface area contributed by atoms with E-state index >= 15 is 0 Å². The molecule has 0 saturated carbocycles. The van der Waals surface area contributed by atoms with E-state index in [-0.39, 0.29) is 5.69 Å². The third-order valence-corrected chi connectivity index (χ3v) is 3.29. The van der Waals surface area contributed by atoms with E-state index in [0.717, 1.165) is 10.9 Å². The average molecular weight is 277 g/mol. The molecule has 0 amide bonds. The summed E-state index contributed by atoms with van der Waals surface area (Å²) in [6, 6.07) is 14.5. The summed E-state index contributed by atoms with van der Waals surface area (Å²) in [6.07, 6.45) is 1.88. The average Bonchev–Trinajstić information content (AvgIpc) is 2.90. The van der Waals surface area contributed by atoms with Crippen LogP contribution in [-0.4, -0.2) is 20.6 Å². The van der Waals surface area contributed by atoms with Crippen molar-refractivity contribution in [3.63, 3.8) is 0 Å². The minimum atomic E-state index is -1.04. The summed E-state index contributed by atoms with van der Waals surface area (Å²) in [5.74, 6) is -1.04. The Balaban J connectivity index is 2.01. The fraction of sp³-hybridized carbons (Fsp3) is 0.0625. The van der Waals surface area contributed by atoms with Crippen molar-refractivity contribution in [2.45, 2.75) is 6.54 Å². The molecule has 0 aliphatic rings. The molecule has 0 fully saturated rings. The summed E-state index contributed by atoms with van der Waals surface area (Å²) in [4.78, 5) is 15.1. The number of hydrogen-bond donors (Lipinski definition) is 1. The molecule has 3 aromatic rings. The molecule has 0 spiro atoms. The SMILES string of the molecule is N#Cc1cccc2c1ccn2Cc1cccc(C(=O)O)n1. The van der Waals surface area contributed by atoms with Gasteiger partial charge in [0, 0.05) is 17.1 Å². The van der Waals surface area contributed by atoms with E-state index in [0.29, 0.717) is 17.8 Å². The van der Waals surface area contributed by atoms with Gasteiger partial charge in [0.2, 0.25) is 0 Å². The van der Waals surface area contributed by atoms with Gasteiger partial charge in [-0.2, -0.15) is 5.26 Å². The first-order chi connectivity index (χ1) is 10.2. The van der Waals surface area contributed by atoms with Crippen molar-refractivity contribution in [3.8, 4) is 6.07 Å². The molecule has 3 rings (SSSR count). The highest BCUT2D eigenvalue weighted by atomic mass is 16.4. The summed E-state index contributed by atoms with van der Waals surface area (Å²) in [5, 5.41) is 18.9. The molecule has 0 saturated heterocycles. The summed E-state index contributed by atoms with van der Waals surface area (Å²) in [5.41, 5.74) is 2.24. The number of carboxylic acids is 1. The van der Waals surface area contributed by atoms with Crippen LogP contribution < -0.4 is 0 Å². The fourth-order valence-corrected chi connectivity index (χ4v) is 2.32. The van der Waals surface area contributed by atoms with E-state index in [4.69, 9.17) is 10.4 Å². The number of rotatable bonds is 3. The van der Waals surface area contributed by atoms with Gasteiger partial charge in [0.15, 0.2) is 0 Å². The Labute approximate surface area is 120 Å². The number of carboxylic acid groups (broad SMARTS) is 1. The molecule has 5 heteroatoms. The van der Waals surface area contributed by atoms with Crippen molar-refractivity contribution in [2.75, 3.05) is 0 Å². The number of nitriles is 1. The Morgan fingerprint density at radius 1 is 1.24 bits per heavy atom. The van der Waals surface area contributed by atoms with E-state index in [9.17, 15) is 4.79 Å². The fourth-order valence-electron chi connectivity index (χ4n) is 2.32. The van der Waals surface area contributed by atoms with Gasteiger partial charge >= 0.3 is 5.97 Å². The highest BCUT2D eigenvalue weighted by molar-refractivity contribution is 5.86. The molecule has 0 unspecified atom stereocenters. The van der Waals surface area contributed by atoms with Crippen molar-refractivity contribution in [1.82, 2.24) is 9.55 Å². The van der Waals surface area contributed by atoms with Gasteiger partial charge in [-0.3, -0.25) is 0 Å². The molecule has 1 aromatic carbocycles. The lowest BCUT2D eigenvalue weighted by Gasteiger charge is -2.06. The van der Waals surface area contributed by atoms with Gasteiger partial charge < -0.3 is 9.67 Å². The van der Waals surface area contributed by atoms with Gasteiger partial charge in [0.05, 0.1) is 23.9 Å². The Morgan fingerprint density at radius 2 is 2.05 bits per heavy atom. The van der Waals surface area contributed by atoms with Crippen LogP contribution in [0.25, 0.3) is 10.9 Å². The lowest BCUT2D eigenvalue weighted by Crippen LogP contribution is -2.05. The smallest absolute Gasteiger partial charge is 0.354 e. The molecule has 0 aliphatic heterocycles. The van der Waals surface area contributed by atoms with E-state index in [1.807, 2.05) is 29.0 Å². The lowest BCUT2D eigenvalue weighted by atomic mass is 10.1. The van der Waals surface area contributed by atoms with Gasteiger partial charge in [-0.25, -0.2) is 9.78 Å². The van der Waals surface area contributed by atoms with Crippen LogP contribution >= 0.6 is 0 Å². The molecule has 0 bridgehead atoms. The summed E-state index contributed by atoms with van der Waals surface area (Å²) < 4.78 is 1.95. The second-order valence-corrected chi connectivity index (χ2v) is 4.61. The van der Waals surface area contributed by atoms with Crippen LogP contribution in [-0.2, 0) is 6.54 Å². The third kappa shape index (κ3) is 2.35. The largest absolute Gasteiger partial charge is 0.477 e. The number of hydrogen-bond acceptors (Lipinski definition) is 3. The van der Waals surface area contributed by atoms with Crippen LogP contribution in [0.3, 0.4) is 0 Å². The number of pyridine rings is 1. The number of carbonyl (C=O) groups is 1. The molecular weight excluding hydrogens is 266 g/mol. The summed E-state index contributed by atoms with van der Waals surface area (Å²) in [7, 11) is 0. The molecular formula is C16H11N3O2. The maximum absolute atomic E-state index is 10.9. The van der Waals surface area contributed by atoms with Gasteiger partial charge in [-0.15, -0.1) is 0 Å². The topological polar surface area (TPSA) is 78.9 Å². The van der Waals surface area contributed by atoms with Crippen LogP contribution in [0.2, 0.25) is 0 Å². The maximum Gasteiger partial charge on any atom is 0.354 e. The van der Waals surface area contributed by atoms with E-state index < -0.39 is 5.97 Å². The first-order valence-electron chi connectivity index (χ1n) is 6.36. The number of fused-ring (bicyclic) bond motifs is 1.